The van der Waals surface area contributed by atoms with E-state index in [0.717, 1.165) is 41.9 Å². The maximum atomic E-state index is 8.95. The molecule has 2 aromatic heterocycles. The van der Waals surface area contributed by atoms with Crippen molar-refractivity contribution in [2.45, 2.75) is 25.8 Å². The quantitative estimate of drug-likeness (QED) is 0.793. The highest BCUT2D eigenvalue weighted by Gasteiger charge is 2.19. The maximum absolute atomic E-state index is 8.95. The molecule has 122 valence electrons. The molecule has 0 spiro atoms. The SMILES string of the molecule is N#Cc1ccc(-c2nc3c(c(NCc4cccnc4)n2)CCC3)cc1. The Labute approximate surface area is 146 Å². The molecule has 5 nitrogen and oxygen atoms in total. The molecule has 3 aromatic rings. The maximum Gasteiger partial charge on any atom is 0.161 e. The topological polar surface area (TPSA) is 74.5 Å². The van der Waals surface area contributed by atoms with Crippen LogP contribution in [0.2, 0.25) is 0 Å². The van der Waals surface area contributed by atoms with Crippen LogP contribution in [-0.4, -0.2) is 15.0 Å². The zero-order valence-electron chi connectivity index (χ0n) is 13.7. The molecule has 4 rings (SSSR count). The molecule has 25 heavy (non-hydrogen) atoms. The molecule has 0 atom stereocenters. The van der Waals surface area contributed by atoms with Crippen LogP contribution in [0.5, 0.6) is 0 Å². The second kappa shape index (κ2) is 6.70. The molecule has 0 radical (unpaired) electrons. The van der Waals surface area contributed by atoms with Crippen molar-refractivity contribution in [1.29, 1.82) is 5.26 Å². The summed E-state index contributed by atoms with van der Waals surface area (Å²) in [5, 5.41) is 12.4. The van der Waals surface area contributed by atoms with Crippen molar-refractivity contribution in [3.63, 3.8) is 0 Å². The highest BCUT2D eigenvalue weighted by molar-refractivity contribution is 5.61. The zero-order valence-corrected chi connectivity index (χ0v) is 13.7. The number of aryl methyl sites for hydroxylation is 1. The first-order valence-corrected chi connectivity index (χ1v) is 8.36. The zero-order chi connectivity index (χ0) is 17.1. The van der Waals surface area contributed by atoms with Gasteiger partial charge in [0.1, 0.15) is 5.82 Å². The van der Waals surface area contributed by atoms with E-state index in [1.165, 1.54) is 5.56 Å². The van der Waals surface area contributed by atoms with Gasteiger partial charge in [-0.1, -0.05) is 6.07 Å². The molecule has 0 saturated carbocycles. The summed E-state index contributed by atoms with van der Waals surface area (Å²) < 4.78 is 0. The van der Waals surface area contributed by atoms with Crippen LogP contribution < -0.4 is 5.32 Å². The number of nitriles is 1. The number of aromatic nitrogens is 3. The lowest BCUT2D eigenvalue weighted by Gasteiger charge is -2.12. The Morgan fingerprint density at radius 1 is 1.08 bits per heavy atom. The Morgan fingerprint density at radius 2 is 1.96 bits per heavy atom. The number of anilines is 1. The Morgan fingerprint density at radius 3 is 2.72 bits per heavy atom. The van der Waals surface area contributed by atoms with Gasteiger partial charge in [0.15, 0.2) is 5.82 Å². The van der Waals surface area contributed by atoms with Crippen LogP contribution in [-0.2, 0) is 19.4 Å². The van der Waals surface area contributed by atoms with Gasteiger partial charge in [0, 0.05) is 35.8 Å². The lowest BCUT2D eigenvalue weighted by atomic mass is 10.1. The summed E-state index contributed by atoms with van der Waals surface area (Å²) in [6.07, 6.45) is 6.74. The Kier molecular flexibility index (Phi) is 4.09. The van der Waals surface area contributed by atoms with E-state index in [2.05, 4.69) is 16.4 Å². The molecule has 0 unspecified atom stereocenters. The first-order valence-electron chi connectivity index (χ1n) is 8.36. The summed E-state index contributed by atoms with van der Waals surface area (Å²) in [6.45, 7) is 0.685. The smallest absolute Gasteiger partial charge is 0.161 e. The van der Waals surface area contributed by atoms with Gasteiger partial charge in [0.2, 0.25) is 0 Å². The average Bonchev–Trinajstić information content (AvgIpc) is 3.16. The molecule has 2 heterocycles. The van der Waals surface area contributed by atoms with Crippen molar-refractivity contribution in [2.24, 2.45) is 0 Å². The van der Waals surface area contributed by atoms with E-state index in [1.807, 2.05) is 30.5 Å². The van der Waals surface area contributed by atoms with Crippen molar-refractivity contribution in [3.8, 4) is 17.5 Å². The van der Waals surface area contributed by atoms with Gasteiger partial charge in [-0.05, 0) is 55.2 Å². The minimum Gasteiger partial charge on any atom is -0.366 e. The highest BCUT2D eigenvalue weighted by atomic mass is 15.0. The Hall–Kier alpha value is -3.26. The predicted octanol–water partition coefficient (Wildman–Crippen LogP) is 3.51. The van der Waals surface area contributed by atoms with Crippen LogP contribution in [0, 0.1) is 11.3 Å². The number of benzene rings is 1. The number of rotatable bonds is 4. The van der Waals surface area contributed by atoms with E-state index in [1.54, 1.807) is 18.3 Å². The van der Waals surface area contributed by atoms with E-state index in [0.29, 0.717) is 17.9 Å². The van der Waals surface area contributed by atoms with Gasteiger partial charge in [-0.15, -0.1) is 0 Å². The number of fused-ring (bicyclic) bond motifs is 1. The van der Waals surface area contributed by atoms with Crippen molar-refractivity contribution in [2.75, 3.05) is 5.32 Å². The number of hydrogen-bond acceptors (Lipinski definition) is 5. The van der Waals surface area contributed by atoms with E-state index < -0.39 is 0 Å². The molecular weight excluding hydrogens is 310 g/mol. The second-order valence-corrected chi connectivity index (χ2v) is 6.08. The highest BCUT2D eigenvalue weighted by Crippen LogP contribution is 2.29. The Balaban J connectivity index is 1.66. The minimum absolute atomic E-state index is 0.639. The number of hydrogen-bond donors (Lipinski definition) is 1. The third-order valence-electron chi connectivity index (χ3n) is 4.39. The van der Waals surface area contributed by atoms with Crippen LogP contribution in [0.3, 0.4) is 0 Å². The molecule has 5 heteroatoms. The monoisotopic (exact) mass is 327 g/mol. The van der Waals surface area contributed by atoms with Crippen LogP contribution in [0.15, 0.2) is 48.8 Å². The molecule has 0 aliphatic heterocycles. The fourth-order valence-electron chi connectivity index (χ4n) is 3.09. The lowest BCUT2D eigenvalue weighted by Crippen LogP contribution is -2.07. The summed E-state index contributed by atoms with van der Waals surface area (Å²) >= 11 is 0. The van der Waals surface area contributed by atoms with Crippen molar-refractivity contribution in [3.05, 3.63) is 71.2 Å². The van der Waals surface area contributed by atoms with E-state index in [9.17, 15) is 0 Å². The molecule has 1 aromatic carbocycles. The van der Waals surface area contributed by atoms with Crippen LogP contribution in [0.1, 0.15) is 28.8 Å². The van der Waals surface area contributed by atoms with Gasteiger partial charge < -0.3 is 5.32 Å². The van der Waals surface area contributed by atoms with Crippen molar-refractivity contribution < 1.29 is 0 Å². The van der Waals surface area contributed by atoms with Gasteiger partial charge in [-0.3, -0.25) is 4.98 Å². The molecule has 0 amide bonds. The standard InChI is InChI=1S/C20H17N5/c21-11-14-6-8-16(9-7-14)19-24-18-5-1-4-17(18)20(25-19)23-13-15-3-2-10-22-12-15/h2-3,6-10,12H,1,4-5,13H2,(H,23,24,25). The molecule has 0 bridgehead atoms. The first-order chi connectivity index (χ1) is 12.3. The number of nitrogens with zero attached hydrogens (tertiary/aromatic N) is 4. The first kappa shape index (κ1) is 15.3. The third-order valence-corrected chi connectivity index (χ3v) is 4.39. The predicted molar refractivity (Wildman–Crippen MR) is 95.8 cm³/mol. The summed E-state index contributed by atoms with van der Waals surface area (Å²) in [5.41, 5.74) is 5.04. The van der Waals surface area contributed by atoms with E-state index >= 15 is 0 Å². The van der Waals surface area contributed by atoms with Gasteiger partial charge >= 0.3 is 0 Å². The van der Waals surface area contributed by atoms with Gasteiger partial charge in [0.25, 0.3) is 0 Å². The fraction of sp³-hybridized carbons (Fsp3) is 0.200. The largest absolute Gasteiger partial charge is 0.366 e. The third kappa shape index (κ3) is 3.20. The van der Waals surface area contributed by atoms with Crippen molar-refractivity contribution >= 4 is 5.82 Å². The molecule has 0 saturated heterocycles. The van der Waals surface area contributed by atoms with E-state index in [-0.39, 0.29) is 0 Å². The molecule has 1 aliphatic carbocycles. The Bertz CT molecular complexity index is 927. The van der Waals surface area contributed by atoms with Gasteiger partial charge in [-0.25, -0.2) is 9.97 Å². The number of pyridine rings is 1. The van der Waals surface area contributed by atoms with Gasteiger partial charge in [-0.2, -0.15) is 5.26 Å². The van der Waals surface area contributed by atoms with Crippen LogP contribution >= 0.6 is 0 Å². The normalized spacial score (nSPS) is 12.4. The summed E-state index contributed by atoms with van der Waals surface area (Å²) in [4.78, 5) is 13.7. The summed E-state index contributed by atoms with van der Waals surface area (Å²) in [7, 11) is 0. The lowest BCUT2D eigenvalue weighted by molar-refractivity contribution is 0.899. The second-order valence-electron chi connectivity index (χ2n) is 6.08. The molecule has 1 aliphatic rings. The minimum atomic E-state index is 0.639. The molecule has 1 N–H and O–H groups in total. The van der Waals surface area contributed by atoms with Crippen LogP contribution in [0.4, 0.5) is 5.82 Å². The summed E-state index contributed by atoms with van der Waals surface area (Å²) in [5.74, 6) is 1.62. The fourth-order valence-corrected chi connectivity index (χ4v) is 3.09. The van der Waals surface area contributed by atoms with Crippen LogP contribution in [0.25, 0.3) is 11.4 Å². The average molecular weight is 327 g/mol. The molecule has 0 fully saturated rings. The van der Waals surface area contributed by atoms with Gasteiger partial charge in [0.05, 0.1) is 11.6 Å². The molecular formula is C20H17N5. The number of nitrogens with one attached hydrogen (secondary N) is 1. The summed E-state index contributed by atoms with van der Waals surface area (Å²) in [6, 6.07) is 13.5. The van der Waals surface area contributed by atoms with E-state index in [4.69, 9.17) is 15.2 Å². The van der Waals surface area contributed by atoms with Crippen molar-refractivity contribution in [1.82, 2.24) is 15.0 Å².